The van der Waals surface area contributed by atoms with Crippen LogP contribution < -0.4 is 5.32 Å². The van der Waals surface area contributed by atoms with Crippen molar-refractivity contribution in [2.24, 2.45) is 0 Å². The average molecular weight is 212 g/mol. The van der Waals surface area contributed by atoms with E-state index in [2.05, 4.69) is 0 Å². The second-order valence-corrected chi connectivity index (χ2v) is 3.53. The predicted octanol–water partition coefficient (Wildman–Crippen LogP) is -0.313. The van der Waals surface area contributed by atoms with Gasteiger partial charge in [0.2, 0.25) is 11.6 Å². The van der Waals surface area contributed by atoms with Gasteiger partial charge in [-0.1, -0.05) is 0 Å². The van der Waals surface area contributed by atoms with E-state index in [1.807, 2.05) is 0 Å². The lowest BCUT2D eigenvalue weighted by Gasteiger charge is -2.25. The average Bonchev–Trinajstić information content (AvgIpc) is 2.26. The third kappa shape index (κ3) is 1.69. The van der Waals surface area contributed by atoms with Crippen molar-refractivity contribution < 1.29 is 23.1 Å². The van der Waals surface area contributed by atoms with Gasteiger partial charge < -0.3 is 10.4 Å². The first kappa shape index (κ1) is 11.3. The Morgan fingerprint density at radius 3 is 2.29 bits per heavy atom. The Balaban J connectivity index is 2.86. The summed E-state index contributed by atoms with van der Waals surface area (Å²) in [5.74, 6) is -0.810. The van der Waals surface area contributed by atoms with Crippen molar-refractivity contribution in [3.63, 3.8) is 0 Å². The standard InChI is InChI=1S/C7H11F3N2O2/c1-12(2)4-3-6(14,7(8,9)10)11-5(4)13/h4,14H,3H2,1-2H3,(H,11,13)/t4-,6+/m0/s1. The summed E-state index contributed by atoms with van der Waals surface area (Å²) < 4.78 is 36.8. The first-order valence-electron chi connectivity index (χ1n) is 3.95. The highest BCUT2D eigenvalue weighted by molar-refractivity contribution is 5.85. The lowest BCUT2D eigenvalue weighted by molar-refractivity contribution is -0.266. The number of likely N-dealkylation sites (N-methyl/N-ethyl adjacent to an activating group) is 1. The van der Waals surface area contributed by atoms with Gasteiger partial charge in [0.05, 0.1) is 6.04 Å². The molecule has 4 nitrogen and oxygen atoms in total. The minimum Gasteiger partial charge on any atom is -0.363 e. The zero-order valence-corrected chi connectivity index (χ0v) is 7.72. The van der Waals surface area contributed by atoms with E-state index in [1.54, 1.807) is 5.32 Å². The molecule has 14 heavy (non-hydrogen) atoms. The summed E-state index contributed by atoms with van der Waals surface area (Å²) >= 11 is 0. The molecule has 0 aromatic carbocycles. The zero-order chi connectivity index (χ0) is 11.1. The minimum atomic E-state index is -4.84. The number of rotatable bonds is 1. The number of carbonyl (C=O) groups is 1. The lowest BCUT2D eigenvalue weighted by Crippen LogP contribution is -2.53. The van der Waals surface area contributed by atoms with E-state index in [4.69, 9.17) is 5.11 Å². The summed E-state index contributed by atoms with van der Waals surface area (Å²) in [6, 6.07) is -0.943. The summed E-state index contributed by atoms with van der Waals surface area (Å²) in [4.78, 5) is 12.4. The van der Waals surface area contributed by atoms with Gasteiger partial charge in [-0.2, -0.15) is 13.2 Å². The van der Waals surface area contributed by atoms with Gasteiger partial charge in [0.15, 0.2) is 0 Å². The second kappa shape index (κ2) is 3.09. The van der Waals surface area contributed by atoms with Crippen LogP contribution in [0.5, 0.6) is 0 Å². The molecule has 0 bridgehead atoms. The smallest absolute Gasteiger partial charge is 0.363 e. The summed E-state index contributed by atoms with van der Waals surface area (Å²) in [7, 11) is 2.96. The van der Waals surface area contributed by atoms with Crippen molar-refractivity contribution >= 4 is 5.91 Å². The molecule has 0 radical (unpaired) electrons. The topological polar surface area (TPSA) is 52.6 Å². The fraction of sp³-hybridized carbons (Fsp3) is 0.857. The lowest BCUT2D eigenvalue weighted by atomic mass is 10.1. The molecule has 1 rings (SSSR count). The van der Waals surface area contributed by atoms with E-state index in [9.17, 15) is 18.0 Å². The molecule has 2 atom stereocenters. The third-order valence-electron chi connectivity index (χ3n) is 2.21. The molecule has 7 heteroatoms. The number of nitrogens with one attached hydrogen (secondary N) is 1. The first-order chi connectivity index (χ1) is 6.17. The molecule has 0 aromatic rings. The van der Waals surface area contributed by atoms with Crippen LogP contribution in [0.15, 0.2) is 0 Å². The molecule has 1 aliphatic rings. The highest BCUT2D eigenvalue weighted by Gasteiger charge is 2.61. The first-order valence-corrected chi connectivity index (χ1v) is 3.95. The zero-order valence-electron chi connectivity index (χ0n) is 7.72. The molecule has 1 heterocycles. The number of alkyl halides is 3. The number of nitrogens with zero attached hydrogens (tertiary/aromatic N) is 1. The number of hydrogen-bond acceptors (Lipinski definition) is 3. The molecule has 1 saturated heterocycles. The fourth-order valence-electron chi connectivity index (χ4n) is 1.31. The molecule has 0 saturated carbocycles. The number of halogens is 3. The SMILES string of the molecule is CN(C)[C@H]1C[C@@](O)(C(F)(F)F)NC1=O. The van der Waals surface area contributed by atoms with Crippen LogP contribution in [-0.2, 0) is 4.79 Å². The number of amides is 1. The van der Waals surface area contributed by atoms with Gasteiger partial charge in [0.1, 0.15) is 0 Å². The summed E-state index contributed by atoms with van der Waals surface area (Å²) in [6.07, 6.45) is -5.52. The van der Waals surface area contributed by atoms with Crippen LogP contribution in [0.25, 0.3) is 0 Å². The van der Waals surface area contributed by atoms with Gasteiger partial charge >= 0.3 is 6.18 Å². The Kier molecular flexibility index (Phi) is 2.49. The van der Waals surface area contributed by atoms with E-state index >= 15 is 0 Å². The van der Waals surface area contributed by atoms with Gasteiger partial charge in [0.25, 0.3) is 0 Å². The van der Waals surface area contributed by atoms with E-state index < -0.39 is 30.3 Å². The number of hydrogen-bond donors (Lipinski definition) is 2. The van der Waals surface area contributed by atoms with Crippen LogP contribution in [-0.4, -0.2) is 48.0 Å². The molecular formula is C7H11F3N2O2. The third-order valence-corrected chi connectivity index (χ3v) is 2.21. The van der Waals surface area contributed by atoms with Crippen molar-refractivity contribution in [3.05, 3.63) is 0 Å². The maximum atomic E-state index is 12.3. The minimum absolute atomic E-state index is 0.678. The van der Waals surface area contributed by atoms with Crippen molar-refractivity contribution in [2.75, 3.05) is 14.1 Å². The Hall–Kier alpha value is -0.820. The van der Waals surface area contributed by atoms with Crippen LogP contribution in [0.2, 0.25) is 0 Å². The maximum Gasteiger partial charge on any atom is 0.436 e. The van der Waals surface area contributed by atoms with Gasteiger partial charge in [0, 0.05) is 6.42 Å². The fourth-order valence-corrected chi connectivity index (χ4v) is 1.31. The molecule has 82 valence electrons. The number of aliphatic hydroxyl groups is 1. The van der Waals surface area contributed by atoms with Gasteiger partial charge in [-0.25, -0.2) is 0 Å². The van der Waals surface area contributed by atoms with E-state index in [0.717, 1.165) is 0 Å². The van der Waals surface area contributed by atoms with Gasteiger partial charge in [-0.3, -0.25) is 9.69 Å². The van der Waals surface area contributed by atoms with E-state index in [-0.39, 0.29) is 0 Å². The molecule has 2 N–H and O–H groups in total. The highest BCUT2D eigenvalue weighted by atomic mass is 19.4. The molecular weight excluding hydrogens is 201 g/mol. The van der Waals surface area contributed by atoms with E-state index in [1.165, 1.54) is 19.0 Å². The van der Waals surface area contributed by atoms with Crippen molar-refractivity contribution in [3.8, 4) is 0 Å². The highest BCUT2D eigenvalue weighted by Crippen LogP contribution is 2.36. The Morgan fingerprint density at radius 2 is 2.07 bits per heavy atom. The van der Waals surface area contributed by atoms with Crippen LogP contribution >= 0.6 is 0 Å². The quantitative estimate of drug-likeness (QED) is 0.626. The number of carbonyl (C=O) groups excluding carboxylic acids is 1. The Morgan fingerprint density at radius 1 is 1.57 bits per heavy atom. The van der Waals surface area contributed by atoms with Crippen LogP contribution in [0.1, 0.15) is 6.42 Å². The molecule has 1 aliphatic heterocycles. The normalized spacial score (nSPS) is 33.6. The van der Waals surface area contributed by atoms with Crippen LogP contribution in [0.4, 0.5) is 13.2 Å². The summed E-state index contributed by atoms with van der Waals surface area (Å²) in [5, 5.41) is 10.7. The van der Waals surface area contributed by atoms with Crippen molar-refractivity contribution in [2.45, 2.75) is 24.4 Å². The molecule has 0 aromatic heterocycles. The van der Waals surface area contributed by atoms with Crippen molar-refractivity contribution in [1.82, 2.24) is 10.2 Å². The van der Waals surface area contributed by atoms with Crippen LogP contribution in [0.3, 0.4) is 0 Å². The Labute approximate surface area is 78.7 Å². The molecule has 0 spiro atoms. The monoisotopic (exact) mass is 212 g/mol. The Bertz CT molecular complexity index is 254. The second-order valence-electron chi connectivity index (χ2n) is 3.53. The summed E-state index contributed by atoms with van der Waals surface area (Å²) in [5.41, 5.74) is -3.08. The maximum absolute atomic E-state index is 12.3. The van der Waals surface area contributed by atoms with E-state index in [0.29, 0.717) is 0 Å². The molecule has 1 fully saturated rings. The molecule has 0 aliphatic carbocycles. The predicted molar refractivity (Wildman–Crippen MR) is 41.2 cm³/mol. The molecule has 0 unspecified atom stereocenters. The van der Waals surface area contributed by atoms with Gasteiger partial charge in [-0.15, -0.1) is 0 Å². The largest absolute Gasteiger partial charge is 0.436 e. The molecule has 1 amide bonds. The van der Waals surface area contributed by atoms with Gasteiger partial charge in [-0.05, 0) is 14.1 Å². The summed E-state index contributed by atoms with van der Waals surface area (Å²) in [6.45, 7) is 0. The van der Waals surface area contributed by atoms with Crippen LogP contribution in [0, 0.1) is 0 Å². The van der Waals surface area contributed by atoms with Crippen molar-refractivity contribution in [1.29, 1.82) is 0 Å².